The molecular formula is C14H15Cl2I2N5O. The molecule has 0 aliphatic carbocycles. The number of anilines is 1. The van der Waals surface area contributed by atoms with Crippen LogP contribution in [0.1, 0.15) is 0 Å². The van der Waals surface area contributed by atoms with Crippen molar-refractivity contribution in [3.63, 3.8) is 0 Å². The van der Waals surface area contributed by atoms with E-state index in [0.717, 1.165) is 23.9 Å². The minimum absolute atomic E-state index is 0. The zero-order chi connectivity index (χ0) is 15.5. The highest BCUT2D eigenvalue weighted by Crippen LogP contribution is 2.28. The lowest BCUT2D eigenvalue weighted by Crippen LogP contribution is -2.11. The SMILES string of the molecule is COCCNc1nc(-n2ccnc2)nc2c(I)cc(I)cc12.Cl.Cl. The van der Waals surface area contributed by atoms with Crippen molar-refractivity contribution in [3.8, 4) is 5.95 Å². The fourth-order valence-corrected chi connectivity index (χ4v) is 4.01. The van der Waals surface area contributed by atoms with E-state index in [1.807, 2.05) is 6.20 Å². The summed E-state index contributed by atoms with van der Waals surface area (Å²) in [6.45, 7) is 1.31. The minimum Gasteiger partial charge on any atom is -0.383 e. The highest BCUT2D eigenvalue weighted by Gasteiger charge is 2.12. The maximum atomic E-state index is 5.10. The molecule has 0 radical (unpaired) electrons. The van der Waals surface area contributed by atoms with Crippen molar-refractivity contribution in [1.82, 2.24) is 19.5 Å². The molecule has 1 N–H and O–H groups in total. The first-order chi connectivity index (χ1) is 10.7. The second-order valence-corrected chi connectivity index (χ2v) is 6.95. The molecule has 10 heteroatoms. The summed E-state index contributed by atoms with van der Waals surface area (Å²) in [5.41, 5.74) is 0.930. The van der Waals surface area contributed by atoms with Crippen LogP contribution in [0.3, 0.4) is 0 Å². The summed E-state index contributed by atoms with van der Waals surface area (Å²) in [4.78, 5) is 13.4. The summed E-state index contributed by atoms with van der Waals surface area (Å²) >= 11 is 4.61. The highest BCUT2D eigenvalue weighted by atomic mass is 127. The van der Waals surface area contributed by atoms with Gasteiger partial charge in [0.25, 0.3) is 0 Å². The molecule has 24 heavy (non-hydrogen) atoms. The topological polar surface area (TPSA) is 64.9 Å². The van der Waals surface area contributed by atoms with Gasteiger partial charge >= 0.3 is 0 Å². The number of methoxy groups -OCH3 is 1. The van der Waals surface area contributed by atoms with Crippen molar-refractivity contribution < 1.29 is 4.74 Å². The van der Waals surface area contributed by atoms with Gasteiger partial charge in [-0.1, -0.05) is 0 Å². The molecule has 3 rings (SSSR count). The van der Waals surface area contributed by atoms with Crippen molar-refractivity contribution >= 4 is 86.7 Å². The van der Waals surface area contributed by atoms with Crippen molar-refractivity contribution in [3.05, 3.63) is 38.0 Å². The lowest BCUT2D eigenvalue weighted by Gasteiger charge is -2.12. The first-order valence-electron chi connectivity index (χ1n) is 6.57. The van der Waals surface area contributed by atoms with Crippen LogP contribution < -0.4 is 5.32 Å². The number of nitrogens with one attached hydrogen (secondary N) is 1. The Balaban J connectivity index is 0.00000144. The summed E-state index contributed by atoms with van der Waals surface area (Å²) in [5, 5.41) is 4.34. The van der Waals surface area contributed by atoms with Crippen molar-refractivity contribution in [2.45, 2.75) is 0 Å². The average molecular weight is 594 g/mol. The lowest BCUT2D eigenvalue weighted by molar-refractivity contribution is 0.210. The van der Waals surface area contributed by atoms with E-state index >= 15 is 0 Å². The Kier molecular flexibility index (Phi) is 8.91. The van der Waals surface area contributed by atoms with Crippen LogP contribution in [-0.4, -0.2) is 39.8 Å². The van der Waals surface area contributed by atoms with Gasteiger partial charge < -0.3 is 10.1 Å². The number of rotatable bonds is 5. The van der Waals surface area contributed by atoms with Crippen LogP contribution in [0.5, 0.6) is 0 Å². The lowest BCUT2D eigenvalue weighted by atomic mass is 10.2. The molecule has 2 heterocycles. The molecule has 0 fully saturated rings. The van der Waals surface area contributed by atoms with E-state index in [1.54, 1.807) is 24.2 Å². The van der Waals surface area contributed by atoms with Gasteiger partial charge in [0.15, 0.2) is 0 Å². The molecular weight excluding hydrogens is 579 g/mol. The summed E-state index contributed by atoms with van der Waals surface area (Å²) in [5.74, 6) is 1.41. The van der Waals surface area contributed by atoms with E-state index in [2.05, 4.69) is 77.6 Å². The first-order valence-corrected chi connectivity index (χ1v) is 8.72. The predicted octanol–water partition coefficient (Wildman–Crippen LogP) is 3.93. The third-order valence-electron chi connectivity index (χ3n) is 3.04. The molecule has 0 atom stereocenters. The van der Waals surface area contributed by atoms with Gasteiger partial charge in [-0.05, 0) is 57.3 Å². The van der Waals surface area contributed by atoms with Crippen LogP contribution in [0.4, 0.5) is 5.82 Å². The second kappa shape index (κ2) is 9.90. The van der Waals surface area contributed by atoms with E-state index in [9.17, 15) is 0 Å². The smallest absolute Gasteiger partial charge is 0.237 e. The van der Waals surface area contributed by atoms with Gasteiger partial charge in [0.2, 0.25) is 5.95 Å². The average Bonchev–Trinajstić information content (AvgIpc) is 3.02. The maximum Gasteiger partial charge on any atom is 0.237 e. The number of benzene rings is 1. The summed E-state index contributed by atoms with van der Waals surface area (Å²) < 4.78 is 9.15. The van der Waals surface area contributed by atoms with Gasteiger partial charge in [0, 0.05) is 38.6 Å². The van der Waals surface area contributed by atoms with E-state index < -0.39 is 0 Å². The standard InChI is InChI=1S/C14H13I2N5O.2ClH/c1-22-5-3-18-13-10-6-9(15)7-11(16)12(10)19-14(20-13)21-4-2-17-8-21;;/h2,4,6-8H,3,5H2,1H3,(H,18,19,20);2*1H. The van der Waals surface area contributed by atoms with Gasteiger partial charge in [-0.3, -0.25) is 4.57 Å². The molecule has 2 aromatic heterocycles. The van der Waals surface area contributed by atoms with Gasteiger partial charge in [-0.15, -0.1) is 24.8 Å². The molecule has 130 valence electrons. The molecule has 0 saturated carbocycles. The summed E-state index contributed by atoms with van der Waals surface area (Å²) in [7, 11) is 1.68. The highest BCUT2D eigenvalue weighted by molar-refractivity contribution is 14.1. The molecule has 0 unspecified atom stereocenters. The zero-order valence-electron chi connectivity index (χ0n) is 12.6. The quantitative estimate of drug-likeness (QED) is 0.359. The summed E-state index contributed by atoms with van der Waals surface area (Å²) in [6, 6.07) is 4.19. The molecule has 0 amide bonds. The molecule has 6 nitrogen and oxygen atoms in total. The van der Waals surface area contributed by atoms with Crippen LogP contribution >= 0.6 is 70.0 Å². The number of hydrogen-bond acceptors (Lipinski definition) is 5. The molecule has 0 aliphatic heterocycles. The van der Waals surface area contributed by atoms with Crippen LogP contribution in [0, 0.1) is 7.14 Å². The summed E-state index contributed by atoms with van der Waals surface area (Å²) in [6.07, 6.45) is 5.24. The molecule has 0 bridgehead atoms. The van der Waals surface area contributed by atoms with Crippen LogP contribution in [0.15, 0.2) is 30.9 Å². The van der Waals surface area contributed by atoms with Crippen LogP contribution in [0.25, 0.3) is 16.9 Å². The Morgan fingerprint density at radius 1 is 1.21 bits per heavy atom. The second-order valence-electron chi connectivity index (χ2n) is 4.55. The van der Waals surface area contributed by atoms with Crippen LogP contribution in [-0.2, 0) is 4.74 Å². The first kappa shape index (κ1) is 21.6. The van der Waals surface area contributed by atoms with E-state index in [4.69, 9.17) is 4.74 Å². The number of nitrogens with zero attached hydrogens (tertiary/aromatic N) is 4. The molecule has 3 aromatic rings. The number of hydrogen-bond donors (Lipinski definition) is 1. The van der Waals surface area contributed by atoms with E-state index in [-0.39, 0.29) is 24.8 Å². The Morgan fingerprint density at radius 3 is 2.67 bits per heavy atom. The fourth-order valence-electron chi connectivity index (χ4n) is 2.04. The number of imidazole rings is 1. The Bertz CT molecular complexity index is 801. The number of halogens is 4. The van der Waals surface area contributed by atoms with E-state index in [1.165, 1.54) is 0 Å². The molecule has 0 aliphatic rings. The number of aromatic nitrogens is 4. The zero-order valence-corrected chi connectivity index (χ0v) is 18.5. The van der Waals surface area contributed by atoms with Crippen molar-refractivity contribution in [2.24, 2.45) is 0 Å². The normalized spacial score (nSPS) is 10.1. The largest absolute Gasteiger partial charge is 0.383 e. The predicted molar refractivity (Wildman–Crippen MR) is 117 cm³/mol. The van der Waals surface area contributed by atoms with Crippen LogP contribution in [0.2, 0.25) is 0 Å². The number of fused-ring (bicyclic) bond motifs is 1. The van der Waals surface area contributed by atoms with Gasteiger partial charge in [0.05, 0.1) is 12.1 Å². The molecule has 0 spiro atoms. The van der Waals surface area contributed by atoms with Crippen molar-refractivity contribution in [1.29, 1.82) is 0 Å². The van der Waals surface area contributed by atoms with Gasteiger partial charge in [0.1, 0.15) is 12.1 Å². The molecule has 0 saturated heterocycles. The van der Waals surface area contributed by atoms with E-state index in [0.29, 0.717) is 19.1 Å². The third kappa shape index (κ3) is 4.81. The molecule has 1 aromatic carbocycles. The van der Waals surface area contributed by atoms with Gasteiger partial charge in [-0.2, -0.15) is 4.98 Å². The third-order valence-corrected chi connectivity index (χ3v) is 4.49. The Morgan fingerprint density at radius 2 is 2.00 bits per heavy atom. The fraction of sp³-hybridized carbons (Fsp3) is 0.214. The van der Waals surface area contributed by atoms with Gasteiger partial charge in [-0.25, -0.2) is 9.97 Å². The number of ether oxygens (including phenoxy) is 1. The maximum absolute atomic E-state index is 5.10. The monoisotopic (exact) mass is 593 g/mol. The minimum atomic E-state index is 0. The Labute approximate surface area is 179 Å². The van der Waals surface area contributed by atoms with Crippen molar-refractivity contribution in [2.75, 3.05) is 25.6 Å². The Hall–Kier alpha value is -0.430.